The standard InChI is InChI=1S/C84H48N8O2/c85-47-50-36-40-73-62(42-50)61-24-7-12-29-70(61)88(73)52-38-41-75-80(46-52)93-77-34-16-15-32-74(77)89(75)51-37-39-63-79(45-51)94-78-35-17-33-76(92-71-30-13-5-22-59(71)60-23-6-14-31-72(60)92)81(78)84(63)64-43-53(90-66-25-8-1-18-55(66)56-19-2-9-26-67(56)90)48-86-82(64)83-65(84)44-54(49-87-83)91-68-27-10-3-20-57(68)58-21-4-11-28-69(58)91/h1-46,48-49H. The zero-order chi connectivity index (χ0) is 61.5. The maximum atomic E-state index is 9.98. The quantitative estimate of drug-likeness (QED) is 0.171. The Balaban J connectivity index is 0.855. The minimum absolute atomic E-state index is 0.617. The van der Waals surface area contributed by atoms with E-state index in [1.165, 1.54) is 21.5 Å². The summed E-state index contributed by atoms with van der Waals surface area (Å²) in [5.41, 5.74) is 20.0. The van der Waals surface area contributed by atoms with Crippen molar-refractivity contribution < 1.29 is 9.47 Å². The largest absolute Gasteiger partial charge is 0.457 e. The highest BCUT2D eigenvalue weighted by molar-refractivity contribution is 6.13. The molecule has 8 heterocycles. The zero-order valence-corrected chi connectivity index (χ0v) is 50.1. The predicted octanol–water partition coefficient (Wildman–Crippen LogP) is 20.8. The molecule has 6 aromatic heterocycles. The van der Waals surface area contributed by atoms with Crippen LogP contribution >= 0.6 is 0 Å². The van der Waals surface area contributed by atoms with Gasteiger partial charge in [0, 0.05) is 77.5 Å². The maximum Gasteiger partial charge on any atom is 0.153 e. The molecule has 94 heavy (non-hydrogen) atoms. The first-order chi connectivity index (χ1) is 46.6. The molecule has 0 amide bonds. The lowest BCUT2D eigenvalue weighted by atomic mass is 9.65. The molecule has 0 fully saturated rings. The number of benzene rings is 12. The van der Waals surface area contributed by atoms with Crippen molar-refractivity contribution >= 4 is 104 Å². The van der Waals surface area contributed by atoms with Gasteiger partial charge >= 0.3 is 0 Å². The normalized spacial score (nSPS) is 13.3. The predicted molar refractivity (Wildman–Crippen MR) is 376 cm³/mol. The van der Waals surface area contributed by atoms with Crippen LogP contribution in [0.3, 0.4) is 0 Å². The van der Waals surface area contributed by atoms with Crippen molar-refractivity contribution in [2.45, 2.75) is 5.41 Å². The Labute approximate surface area is 537 Å². The van der Waals surface area contributed by atoms with Crippen molar-refractivity contribution in [1.82, 2.24) is 28.2 Å². The van der Waals surface area contributed by atoms with Gasteiger partial charge in [-0.25, -0.2) is 0 Å². The van der Waals surface area contributed by atoms with E-state index in [0.717, 1.165) is 145 Å². The molecule has 21 rings (SSSR count). The van der Waals surface area contributed by atoms with Crippen molar-refractivity contribution in [3.8, 4) is 63.2 Å². The van der Waals surface area contributed by atoms with Crippen LogP contribution in [0.25, 0.3) is 121 Å². The van der Waals surface area contributed by atoms with E-state index in [1.54, 1.807) is 0 Å². The monoisotopic (exact) mass is 1200 g/mol. The Morgan fingerprint density at radius 3 is 1.26 bits per heavy atom. The molecule has 0 unspecified atom stereocenters. The number of fused-ring (bicyclic) bond motifs is 23. The van der Waals surface area contributed by atoms with Crippen molar-refractivity contribution in [2.75, 3.05) is 4.90 Å². The highest BCUT2D eigenvalue weighted by atomic mass is 16.5. The first-order valence-corrected chi connectivity index (χ1v) is 31.7. The lowest BCUT2D eigenvalue weighted by molar-refractivity contribution is 0.435. The fraction of sp³-hybridized carbons (Fsp3) is 0.0119. The van der Waals surface area contributed by atoms with Crippen LogP contribution in [0, 0.1) is 11.3 Å². The fourth-order valence-corrected chi connectivity index (χ4v) is 16.3. The van der Waals surface area contributed by atoms with Crippen LogP contribution in [0.5, 0.6) is 23.0 Å². The lowest BCUT2D eigenvalue weighted by Gasteiger charge is -2.41. The molecule has 3 aliphatic rings. The number of hydrogen-bond acceptors (Lipinski definition) is 6. The van der Waals surface area contributed by atoms with E-state index in [9.17, 15) is 5.26 Å². The Morgan fingerprint density at radius 1 is 0.298 bits per heavy atom. The molecule has 0 bridgehead atoms. The molecule has 18 aromatic rings. The summed E-state index contributed by atoms with van der Waals surface area (Å²) in [7, 11) is 0. The molecular weight excluding hydrogens is 1150 g/mol. The maximum absolute atomic E-state index is 9.98. The van der Waals surface area contributed by atoms with Crippen LogP contribution in [0.4, 0.5) is 17.1 Å². The Kier molecular flexibility index (Phi) is 10.2. The Morgan fingerprint density at radius 2 is 0.713 bits per heavy atom. The van der Waals surface area contributed by atoms with E-state index < -0.39 is 5.41 Å². The topological polar surface area (TPSA) is 91.0 Å². The summed E-state index contributed by atoms with van der Waals surface area (Å²) in [6.45, 7) is 0. The summed E-state index contributed by atoms with van der Waals surface area (Å²) in [5, 5.41) is 19.1. The number of hydrogen-bond donors (Lipinski definition) is 0. The summed E-state index contributed by atoms with van der Waals surface area (Å²) < 4.78 is 24.2. The SMILES string of the molecule is N#Cc1ccc2c(c1)c1ccccc1n2-c1ccc2c(c1)Oc1ccccc1N2c1ccc2c(c1)Oc1cccc(-n3c4ccccc4c4ccccc43)c1C21c2cc(-n3c4ccccc4c4ccccc43)cnc2-c2ncc(-n3c4ccccc4c4ccccc43)cc21. The van der Waals surface area contributed by atoms with Gasteiger partial charge in [-0.2, -0.15) is 5.26 Å². The third-order valence-corrected chi connectivity index (χ3v) is 20.1. The first-order valence-electron chi connectivity index (χ1n) is 31.7. The number of pyridine rings is 2. The molecule has 0 radical (unpaired) electrons. The van der Waals surface area contributed by atoms with Crippen LogP contribution in [-0.4, -0.2) is 28.2 Å². The average Bonchev–Trinajstić information content (AvgIpc) is 1.45. The van der Waals surface area contributed by atoms with Gasteiger partial charge in [0.25, 0.3) is 0 Å². The van der Waals surface area contributed by atoms with Crippen molar-refractivity contribution in [3.05, 3.63) is 319 Å². The molecule has 0 N–H and O–H groups in total. The second-order valence-electron chi connectivity index (χ2n) is 24.7. The Hall–Kier alpha value is -13.0. The second-order valence-corrected chi connectivity index (χ2v) is 24.7. The summed E-state index contributed by atoms with van der Waals surface area (Å²) in [6, 6.07) is 102. The van der Waals surface area contributed by atoms with Crippen molar-refractivity contribution in [2.24, 2.45) is 0 Å². The minimum atomic E-state index is -1.13. The van der Waals surface area contributed by atoms with Gasteiger partial charge in [0.05, 0.1) is 125 Å². The number of rotatable bonds is 5. The molecule has 1 aliphatic carbocycles. The molecule has 10 nitrogen and oxygen atoms in total. The van der Waals surface area contributed by atoms with E-state index in [2.05, 4.69) is 278 Å². The number of nitrogens with zero attached hydrogens (tertiary/aromatic N) is 8. The van der Waals surface area contributed by atoms with E-state index in [-0.39, 0.29) is 0 Å². The van der Waals surface area contributed by atoms with Gasteiger partial charge in [-0.1, -0.05) is 152 Å². The molecular formula is C84H48N8O2. The van der Waals surface area contributed by atoms with Crippen LogP contribution in [-0.2, 0) is 5.41 Å². The number of ether oxygens (including phenoxy) is 2. The van der Waals surface area contributed by atoms with E-state index in [4.69, 9.17) is 19.4 Å². The lowest BCUT2D eigenvalue weighted by Crippen LogP contribution is -2.34. The number of aromatic nitrogens is 6. The summed E-state index contributed by atoms with van der Waals surface area (Å²) >= 11 is 0. The third-order valence-electron chi connectivity index (χ3n) is 20.1. The highest BCUT2D eigenvalue weighted by Gasteiger charge is 2.55. The van der Waals surface area contributed by atoms with Gasteiger partial charge in [-0.15, -0.1) is 0 Å². The summed E-state index contributed by atoms with van der Waals surface area (Å²) in [4.78, 5) is 13.7. The summed E-state index contributed by atoms with van der Waals surface area (Å²) in [5.74, 6) is 2.82. The molecule has 10 heteroatoms. The third kappa shape index (κ3) is 6.70. The van der Waals surface area contributed by atoms with E-state index in [0.29, 0.717) is 22.8 Å². The van der Waals surface area contributed by atoms with Crippen LogP contribution < -0.4 is 14.4 Å². The van der Waals surface area contributed by atoms with Crippen LogP contribution in [0.2, 0.25) is 0 Å². The summed E-state index contributed by atoms with van der Waals surface area (Å²) in [6.07, 6.45) is 4.08. The zero-order valence-electron chi connectivity index (χ0n) is 50.1. The molecule has 0 atom stereocenters. The second kappa shape index (κ2) is 18.8. The molecule has 0 saturated heterocycles. The first kappa shape index (κ1) is 50.8. The molecule has 12 aromatic carbocycles. The van der Waals surface area contributed by atoms with Gasteiger partial charge in [0.2, 0.25) is 0 Å². The number of anilines is 3. The molecule has 2 aliphatic heterocycles. The minimum Gasteiger partial charge on any atom is -0.457 e. The molecule has 436 valence electrons. The number of nitriles is 1. The van der Waals surface area contributed by atoms with Crippen LogP contribution in [0.1, 0.15) is 27.8 Å². The van der Waals surface area contributed by atoms with Gasteiger partial charge in [0.15, 0.2) is 11.5 Å². The highest BCUT2D eigenvalue weighted by Crippen LogP contribution is 2.65. The molecule has 1 spiro atoms. The van der Waals surface area contributed by atoms with E-state index in [1.807, 2.05) is 42.7 Å². The Bertz CT molecular complexity index is 6110. The number of para-hydroxylation sites is 9. The fourth-order valence-electron chi connectivity index (χ4n) is 16.3. The van der Waals surface area contributed by atoms with Crippen molar-refractivity contribution in [3.63, 3.8) is 0 Å². The van der Waals surface area contributed by atoms with Gasteiger partial charge in [-0.3, -0.25) is 9.97 Å². The van der Waals surface area contributed by atoms with Gasteiger partial charge < -0.3 is 32.6 Å². The molecule has 0 saturated carbocycles. The average molecular weight is 1200 g/mol. The smallest absolute Gasteiger partial charge is 0.153 e. The van der Waals surface area contributed by atoms with Gasteiger partial charge in [0.1, 0.15) is 11.5 Å². The van der Waals surface area contributed by atoms with Gasteiger partial charge in [-0.05, 0) is 115 Å². The van der Waals surface area contributed by atoms with Crippen LogP contribution in [0.15, 0.2) is 291 Å². The van der Waals surface area contributed by atoms with E-state index >= 15 is 0 Å². The van der Waals surface area contributed by atoms with Crippen molar-refractivity contribution in [1.29, 1.82) is 5.26 Å².